The number of nitrogens with one attached hydrogen (secondary N) is 1. The second-order valence-corrected chi connectivity index (χ2v) is 4.03. The molecule has 0 amide bonds. The van der Waals surface area contributed by atoms with E-state index in [0.29, 0.717) is 26.4 Å². The fraction of sp³-hybridized carbons (Fsp3) is 0.111. The van der Waals surface area contributed by atoms with E-state index < -0.39 is 5.97 Å². The van der Waals surface area contributed by atoms with Gasteiger partial charge >= 0.3 is 5.97 Å². The summed E-state index contributed by atoms with van der Waals surface area (Å²) in [7, 11) is 1.32. The Balaban J connectivity index is 2.66. The molecule has 4 nitrogen and oxygen atoms in total. The van der Waals surface area contributed by atoms with E-state index in [1.165, 1.54) is 13.2 Å². The Bertz CT molecular complexity index is 538. The average Bonchev–Trinajstić information content (AvgIpc) is 2.58. The van der Waals surface area contributed by atoms with Crippen molar-refractivity contribution in [1.29, 1.82) is 0 Å². The molecular weight excluding hydrogens is 283 g/mol. The molecule has 78 valence electrons. The summed E-state index contributed by atoms with van der Waals surface area (Å²) in [4.78, 5) is 18.3. The largest absolute Gasteiger partial charge is 0.465 e. The van der Waals surface area contributed by atoms with Gasteiger partial charge in [-0.05, 0) is 28.1 Å². The maximum Gasteiger partial charge on any atom is 0.337 e. The van der Waals surface area contributed by atoms with Crippen LogP contribution in [-0.2, 0) is 4.74 Å². The van der Waals surface area contributed by atoms with Gasteiger partial charge < -0.3 is 9.72 Å². The van der Waals surface area contributed by atoms with E-state index in [1.807, 2.05) is 0 Å². The molecule has 0 atom stereocenters. The minimum Gasteiger partial charge on any atom is -0.465 e. The van der Waals surface area contributed by atoms with Gasteiger partial charge in [0.25, 0.3) is 0 Å². The number of rotatable bonds is 1. The van der Waals surface area contributed by atoms with E-state index >= 15 is 0 Å². The van der Waals surface area contributed by atoms with Gasteiger partial charge in [0, 0.05) is 0 Å². The maximum absolute atomic E-state index is 11.3. The molecule has 0 radical (unpaired) electrons. The van der Waals surface area contributed by atoms with Gasteiger partial charge in [-0.25, -0.2) is 9.78 Å². The zero-order valence-corrected chi connectivity index (χ0v) is 10.0. The van der Waals surface area contributed by atoms with Gasteiger partial charge in [0.1, 0.15) is 5.52 Å². The van der Waals surface area contributed by atoms with Crippen LogP contribution in [0.2, 0.25) is 5.02 Å². The van der Waals surface area contributed by atoms with Crippen LogP contribution in [0, 0.1) is 0 Å². The predicted molar refractivity (Wildman–Crippen MR) is 60.1 cm³/mol. The molecule has 6 heteroatoms. The van der Waals surface area contributed by atoms with Crippen LogP contribution >= 0.6 is 27.5 Å². The number of halogens is 2. The van der Waals surface area contributed by atoms with E-state index in [0.717, 1.165) is 0 Å². The Morgan fingerprint density at radius 1 is 1.60 bits per heavy atom. The zero-order valence-electron chi connectivity index (χ0n) is 7.67. The number of carbonyl (C=O) groups is 1. The fourth-order valence-electron chi connectivity index (χ4n) is 1.28. The van der Waals surface area contributed by atoms with Crippen LogP contribution in [-0.4, -0.2) is 23.0 Å². The predicted octanol–water partition coefficient (Wildman–Crippen LogP) is 2.77. The number of methoxy groups -OCH3 is 1. The molecule has 2 aromatic rings. The van der Waals surface area contributed by atoms with E-state index in [9.17, 15) is 4.79 Å². The highest BCUT2D eigenvalue weighted by Gasteiger charge is 2.12. The Morgan fingerprint density at radius 3 is 3.00 bits per heavy atom. The molecule has 0 saturated carbocycles. The first-order valence-electron chi connectivity index (χ1n) is 4.05. The Morgan fingerprint density at radius 2 is 2.33 bits per heavy atom. The van der Waals surface area contributed by atoms with Gasteiger partial charge in [-0.1, -0.05) is 11.6 Å². The number of fused-ring (bicyclic) bond motifs is 1. The number of esters is 1. The molecule has 1 aromatic heterocycles. The minimum absolute atomic E-state index is 0.395. The van der Waals surface area contributed by atoms with Crippen LogP contribution in [0.4, 0.5) is 0 Å². The summed E-state index contributed by atoms with van der Waals surface area (Å²) in [5.41, 5.74) is 1.71. The quantitative estimate of drug-likeness (QED) is 0.821. The Labute approximate surface area is 98.7 Å². The smallest absolute Gasteiger partial charge is 0.337 e. The number of aromatic amines is 1. The van der Waals surface area contributed by atoms with E-state index in [2.05, 4.69) is 30.6 Å². The first-order valence-corrected chi connectivity index (χ1v) is 5.22. The summed E-state index contributed by atoms with van der Waals surface area (Å²) in [6.07, 6.45) is 0. The fourth-order valence-corrected chi connectivity index (χ4v) is 1.93. The molecule has 0 bridgehead atoms. The molecule has 15 heavy (non-hydrogen) atoms. The van der Waals surface area contributed by atoms with Crippen LogP contribution in [0.15, 0.2) is 16.9 Å². The van der Waals surface area contributed by atoms with Crippen molar-refractivity contribution in [3.8, 4) is 0 Å². The molecule has 1 aromatic carbocycles. The Kier molecular flexibility index (Phi) is 2.67. The topological polar surface area (TPSA) is 55.0 Å². The molecule has 0 aliphatic rings. The van der Waals surface area contributed by atoms with Crippen molar-refractivity contribution >= 4 is 44.5 Å². The lowest BCUT2D eigenvalue weighted by Gasteiger charge is -1.99. The first kappa shape index (κ1) is 10.4. The van der Waals surface area contributed by atoms with Gasteiger partial charge in [0.05, 0.1) is 23.2 Å². The molecule has 2 rings (SSSR count). The van der Waals surface area contributed by atoms with E-state index in [4.69, 9.17) is 11.6 Å². The lowest BCUT2D eigenvalue weighted by Crippen LogP contribution is -2.00. The standard InChI is InChI=1S/C9H6BrClN2O2/c1-15-8(14)4-2-5(11)7-6(3-4)12-9(10)13-7/h2-3H,1H3,(H,12,13). The summed E-state index contributed by atoms with van der Waals surface area (Å²) in [5.74, 6) is -0.426. The number of ether oxygens (including phenoxy) is 1. The minimum atomic E-state index is -0.426. The van der Waals surface area contributed by atoms with Crippen LogP contribution in [0.25, 0.3) is 11.0 Å². The highest BCUT2D eigenvalue weighted by molar-refractivity contribution is 9.10. The lowest BCUT2D eigenvalue weighted by atomic mass is 10.2. The molecular formula is C9H6BrClN2O2. The van der Waals surface area contributed by atoms with Gasteiger partial charge in [0.2, 0.25) is 0 Å². The summed E-state index contributed by atoms with van der Waals surface area (Å²) in [5, 5.41) is 0.412. The highest BCUT2D eigenvalue weighted by Crippen LogP contribution is 2.25. The second-order valence-electron chi connectivity index (χ2n) is 2.87. The van der Waals surface area contributed by atoms with Crippen molar-refractivity contribution in [2.45, 2.75) is 0 Å². The Hall–Kier alpha value is -1.07. The number of carbonyl (C=O) groups excluding carboxylic acids is 1. The van der Waals surface area contributed by atoms with Crippen molar-refractivity contribution in [1.82, 2.24) is 9.97 Å². The number of benzene rings is 1. The number of nitrogens with zero attached hydrogens (tertiary/aromatic N) is 1. The van der Waals surface area contributed by atoms with Crippen LogP contribution in [0.3, 0.4) is 0 Å². The number of aromatic nitrogens is 2. The third kappa shape index (κ3) is 1.85. The van der Waals surface area contributed by atoms with Crippen molar-refractivity contribution in [3.05, 3.63) is 27.5 Å². The molecule has 1 N–H and O–H groups in total. The number of hydrogen-bond donors (Lipinski definition) is 1. The molecule has 0 aliphatic carbocycles. The molecule has 0 unspecified atom stereocenters. The molecule has 0 fully saturated rings. The van der Waals surface area contributed by atoms with Crippen molar-refractivity contribution in [2.24, 2.45) is 0 Å². The third-order valence-electron chi connectivity index (χ3n) is 1.93. The van der Waals surface area contributed by atoms with Crippen molar-refractivity contribution < 1.29 is 9.53 Å². The zero-order chi connectivity index (χ0) is 11.0. The van der Waals surface area contributed by atoms with Crippen molar-refractivity contribution in [2.75, 3.05) is 7.11 Å². The summed E-state index contributed by atoms with van der Waals surface area (Å²) >= 11 is 9.16. The highest BCUT2D eigenvalue weighted by atomic mass is 79.9. The average molecular weight is 290 g/mol. The molecule has 0 spiro atoms. The summed E-state index contributed by atoms with van der Waals surface area (Å²) in [6, 6.07) is 3.17. The third-order valence-corrected chi connectivity index (χ3v) is 2.60. The lowest BCUT2D eigenvalue weighted by molar-refractivity contribution is 0.0601. The van der Waals surface area contributed by atoms with Gasteiger partial charge in [-0.15, -0.1) is 0 Å². The second kappa shape index (κ2) is 3.83. The van der Waals surface area contributed by atoms with Crippen molar-refractivity contribution in [3.63, 3.8) is 0 Å². The normalized spacial score (nSPS) is 10.6. The first-order chi connectivity index (χ1) is 7.11. The number of imidazole rings is 1. The summed E-state index contributed by atoms with van der Waals surface area (Å²) in [6.45, 7) is 0. The monoisotopic (exact) mass is 288 g/mol. The van der Waals surface area contributed by atoms with E-state index in [-0.39, 0.29) is 0 Å². The van der Waals surface area contributed by atoms with Gasteiger partial charge in [0.15, 0.2) is 4.73 Å². The van der Waals surface area contributed by atoms with Gasteiger partial charge in [-0.2, -0.15) is 0 Å². The van der Waals surface area contributed by atoms with E-state index in [1.54, 1.807) is 6.07 Å². The molecule has 0 aliphatic heterocycles. The van der Waals surface area contributed by atoms with Crippen LogP contribution < -0.4 is 0 Å². The molecule has 1 heterocycles. The molecule has 0 saturated heterocycles. The number of H-pyrrole nitrogens is 1. The van der Waals surface area contributed by atoms with Crippen LogP contribution in [0.1, 0.15) is 10.4 Å². The maximum atomic E-state index is 11.3. The van der Waals surface area contributed by atoms with Crippen LogP contribution in [0.5, 0.6) is 0 Å². The summed E-state index contributed by atoms with van der Waals surface area (Å²) < 4.78 is 5.17. The number of hydrogen-bond acceptors (Lipinski definition) is 3. The SMILES string of the molecule is COC(=O)c1cc(Cl)c2nc(Br)[nH]c2c1. The van der Waals surface area contributed by atoms with Gasteiger partial charge in [-0.3, -0.25) is 0 Å².